The zero-order chi connectivity index (χ0) is 51.7. The molecule has 14 heteroatoms. The molecular weight excluding hydrogens is 907 g/mol. The second kappa shape index (κ2) is 43.4. The first-order chi connectivity index (χ1) is 34.6. The highest BCUT2D eigenvalue weighted by Crippen LogP contribution is 2.30. The second-order valence-corrected chi connectivity index (χ2v) is 20.4. The Kier molecular flexibility index (Phi) is 40.0. The molecule has 0 aromatic rings. The number of carbonyl (C=O) groups is 1. The zero-order valence-corrected chi connectivity index (χ0v) is 44.5. The van der Waals surface area contributed by atoms with Crippen molar-refractivity contribution in [1.29, 1.82) is 0 Å². The lowest BCUT2D eigenvalue weighted by molar-refractivity contribution is -0.359. The Morgan fingerprint density at radius 2 is 0.915 bits per heavy atom. The lowest BCUT2D eigenvalue weighted by atomic mass is 9.97. The maximum absolute atomic E-state index is 13.2. The van der Waals surface area contributed by atoms with Gasteiger partial charge in [-0.3, -0.25) is 4.79 Å². The van der Waals surface area contributed by atoms with Crippen LogP contribution < -0.4 is 5.32 Å². The number of carbonyl (C=O) groups excluding carboxylic acids is 1. The highest BCUT2D eigenvalue weighted by molar-refractivity contribution is 5.76. The molecule has 0 saturated carbocycles. The minimum atomic E-state index is -1.79. The molecule has 2 heterocycles. The van der Waals surface area contributed by atoms with E-state index in [0.717, 1.165) is 44.9 Å². The van der Waals surface area contributed by atoms with Gasteiger partial charge < -0.3 is 65.1 Å². The topological polar surface area (TPSA) is 228 Å². The quantitative estimate of drug-likeness (QED) is 0.0205. The van der Waals surface area contributed by atoms with E-state index >= 15 is 0 Å². The standard InChI is InChI=1S/C57H105NO13/c1-3-5-7-9-11-13-15-16-17-18-19-20-21-22-23-24-25-26-27-28-29-30-31-33-35-37-39-41-49(62)58-45(46(61)40-38-36-34-32-14-12-10-8-6-4-2)44-68-56-54(67)52(65)55(48(43-60)70-56)71-57-53(66)51(64)50(63)47(42-59)69-57/h6,8,14,32,38,40,45-48,50-57,59-61,63-67H,3-5,7,9-13,15-31,33-37,39,41-44H2,1-2H3,(H,58,62)/b8-6+,32-14+,40-38+. The maximum atomic E-state index is 13.2. The van der Waals surface area contributed by atoms with Crippen molar-refractivity contribution in [3.8, 4) is 0 Å². The first-order valence-corrected chi connectivity index (χ1v) is 28.7. The molecule has 0 aliphatic carbocycles. The number of hydrogen-bond acceptors (Lipinski definition) is 13. The fourth-order valence-electron chi connectivity index (χ4n) is 9.45. The fourth-order valence-corrected chi connectivity index (χ4v) is 9.45. The second-order valence-electron chi connectivity index (χ2n) is 20.4. The summed E-state index contributed by atoms with van der Waals surface area (Å²) >= 11 is 0. The van der Waals surface area contributed by atoms with Crippen molar-refractivity contribution in [2.75, 3.05) is 19.8 Å². The van der Waals surface area contributed by atoms with Gasteiger partial charge in [0.1, 0.15) is 48.8 Å². The summed E-state index contributed by atoms with van der Waals surface area (Å²) in [6.07, 6.45) is 35.1. The number of nitrogens with one attached hydrogen (secondary N) is 1. The number of ether oxygens (including phenoxy) is 4. The molecule has 2 fully saturated rings. The molecule has 416 valence electrons. The molecule has 2 saturated heterocycles. The first-order valence-electron chi connectivity index (χ1n) is 28.7. The smallest absolute Gasteiger partial charge is 0.220 e. The Bertz CT molecular complexity index is 1330. The highest BCUT2D eigenvalue weighted by atomic mass is 16.7. The van der Waals surface area contributed by atoms with Gasteiger partial charge in [0.25, 0.3) is 0 Å². The van der Waals surface area contributed by atoms with Crippen LogP contribution in [0.25, 0.3) is 0 Å². The predicted octanol–water partition coefficient (Wildman–Crippen LogP) is 9.05. The van der Waals surface area contributed by atoms with E-state index in [9.17, 15) is 45.6 Å². The predicted molar refractivity (Wildman–Crippen MR) is 281 cm³/mol. The normalized spacial score (nSPS) is 26.0. The number of hydrogen-bond donors (Lipinski definition) is 9. The number of unbranched alkanes of at least 4 members (excludes halogenated alkanes) is 28. The van der Waals surface area contributed by atoms with Gasteiger partial charge in [-0.05, 0) is 38.5 Å². The summed E-state index contributed by atoms with van der Waals surface area (Å²) in [7, 11) is 0. The molecular formula is C57H105NO13. The summed E-state index contributed by atoms with van der Waals surface area (Å²) in [5.41, 5.74) is 0. The van der Waals surface area contributed by atoms with Crippen LogP contribution >= 0.6 is 0 Å². The highest BCUT2D eigenvalue weighted by Gasteiger charge is 2.51. The van der Waals surface area contributed by atoms with Crippen LogP contribution in [0.5, 0.6) is 0 Å². The molecule has 0 bridgehead atoms. The van der Waals surface area contributed by atoms with Gasteiger partial charge >= 0.3 is 0 Å². The first kappa shape index (κ1) is 65.3. The van der Waals surface area contributed by atoms with Crippen molar-refractivity contribution in [2.45, 2.75) is 299 Å². The minimum Gasteiger partial charge on any atom is -0.394 e. The van der Waals surface area contributed by atoms with Gasteiger partial charge in [-0.1, -0.05) is 217 Å². The lowest BCUT2D eigenvalue weighted by Crippen LogP contribution is -2.65. The molecule has 9 N–H and O–H groups in total. The summed E-state index contributed by atoms with van der Waals surface area (Å²) < 4.78 is 22.7. The van der Waals surface area contributed by atoms with Gasteiger partial charge in [-0.15, -0.1) is 0 Å². The number of aliphatic hydroxyl groups is 8. The molecule has 2 aliphatic rings. The zero-order valence-electron chi connectivity index (χ0n) is 44.5. The number of allylic oxidation sites excluding steroid dienone is 5. The Hall–Kier alpha value is -1.79. The molecule has 0 aromatic carbocycles. The lowest BCUT2D eigenvalue weighted by Gasteiger charge is -2.46. The largest absolute Gasteiger partial charge is 0.394 e. The summed E-state index contributed by atoms with van der Waals surface area (Å²) in [6.45, 7) is 2.65. The third-order valence-electron chi connectivity index (χ3n) is 14.1. The van der Waals surface area contributed by atoms with Gasteiger partial charge in [0, 0.05) is 6.42 Å². The van der Waals surface area contributed by atoms with E-state index in [-0.39, 0.29) is 18.9 Å². The van der Waals surface area contributed by atoms with E-state index in [2.05, 4.69) is 43.5 Å². The molecule has 12 atom stereocenters. The molecule has 2 aliphatic heterocycles. The van der Waals surface area contributed by atoms with Gasteiger partial charge in [-0.2, -0.15) is 0 Å². The van der Waals surface area contributed by atoms with Crippen LogP contribution in [-0.4, -0.2) is 140 Å². The molecule has 12 unspecified atom stereocenters. The van der Waals surface area contributed by atoms with E-state index in [1.165, 1.54) is 148 Å². The molecule has 14 nitrogen and oxygen atoms in total. The molecule has 71 heavy (non-hydrogen) atoms. The van der Waals surface area contributed by atoms with Crippen LogP contribution in [-0.2, 0) is 23.7 Å². The number of rotatable bonds is 45. The van der Waals surface area contributed by atoms with Gasteiger partial charge in [0.05, 0.1) is 32.0 Å². The van der Waals surface area contributed by atoms with Crippen molar-refractivity contribution in [1.82, 2.24) is 5.32 Å². The summed E-state index contributed by atoms with van der Waals surface area (Å²) in [5.74, 6) is -0.253. The monoisotopic (exact) mass is 1010 g/mol. The summed E-state index contributed by atoms with van der Waals surface area (Å²) in [5, 5.41) is 86.7. The van der Waals surface area contributed by atoms with E-state index in [4.69, 9.17) is 18.9 Å². The molecule has 0 aromatic heterocycles. The van der Waals surface area contributed by atoms with Crippen LogP contribution in [0.1, 0.15) is 226 Å². The van der Waals surface area contributed by atoms with Gasteiger partial charge in [0.15, 0.2) is 12.6 Å². The molecule has 1 amide bonds. The number of aliphatic hydroxyl groups excluding tert-OH is 8. The summed E-state index contributed by atoms with van der Waals surface area (Å²) in [6, 6.07) is -0.933. The third kappa shape index (κ3) is 29.8. The molecule has 2 rings (SSSR count). The van der Waals surface area contributed by atoms with Crippen LogP contribution in [0, 0.1) is 0 Å². The SMILES string of the molecule is CC/C=C/CC/C=C/CC/C=C/C(O)C(COC1OC(CO)C(OC2OC(CO)C(O)C(O)C2O)C(O)C1O)NC(=O)CCCCCCCCCCCCCCCCCCCCCCCCCCCCC. The van der Waals surface area contributed by atoms with E-state index < -0.39 is 86.8 Å². The average molecular weight is 1010 g/mol. The van der Waals surface area contributed by atoms with E-state index in [1.54, 1.807) is 6.08 Å². The van der Waals surface area contributed by atoms with Crippen molar-refractivity contribution >= 4 is 5.91 Å². The van der Waals surface area contributed by atoms with E-state index in [0.29, 0.717) is 12.8 Å². The number of amides is 1. The maximum Gasteiger partial charge on any atom is 0.220 e. The minimum absolute atomic E-state index is 0.253. The van der Waals surface area contributed by atoms with Crippen molar-refractivity contribution in [3.05, 3.63) is 36.5 Å². The Morgan fingerprint density at radius 3 is 1.37 bits per heavy atom. The van der Waals surface area contributed by atoms with Crippen LogP contribution in [0.15, 0.2) is 36.5 Å². The van der Waals surface area contributed by atoms with Gasteiger partial charge in [0.2, 0.25) is 5.91 Å². The third-order valence-corrected chi connectivity index (χ3v) is 14.1. The van der Waals surface area contributed by atoms with Crippen molar-refractivity contribution in [3.63, 3.8) is 0 Å². The summed E-state index contributed by atoms with van der Waals surface area (Å²) in [4.78, 5) is 13.2. The fraction of sp³-hybridized carbons (Fsp3) is 0.877. The van der Waals surface area contributed by atoms with Crippen molar-refractivity contribution < 1.29 is 64.6 Å². The van der Waals surface area contributed by atoms with Crippen LogP contribution in [0.2, 0.25) is 0 Å². The van der Waals surface area contributed by atoms with Crippen LogP contribution in [0.4, 0.5) is 0 Å². The van der Waals surface area contributed by atoms with E-state index in [1.807, 2.05) is 6.08 Å². The van der Waals surface area contributed by atoms with Crippen LogP contribution in [0.3, 0.4) is 0 Å². The Labute approximate surface area is 430 Å². The average Bonchev–Trinajstić information content (AvgIpc) is 3.37. The Morgan fingerprint density at radius 1 is 0.507 bits per heavy atom. The van der Waals surface area contributed by atoms with Crippen molar-refractivity contribution in [2.24, 2.45) is 0 Å². The molecule has 0 spiro atoms. The van der Waals surface area contributed by atoms with Gasteiger partial charge in [-0.25, -0.2) is 0 Å². The molecule has 0 radical (unpaired) electrons. The Balaban J connectivity index is 1.68.